The molecule has 4 rings (SSSR count). The second-order valence-electron chi connectivity index (χ2n) is 7.63. The Hall–Kier alpha value is -2.92. The molecule has 1 fully saturated rings. The van der Waals surface area contributed by atoms with Gasteiger partial charge < -0.3 is 10.1 Å². The molecule has 1 aliphatic carbocycles. The molecule has 1 amide bonds. The highest BCUT2D eigenvalue weighted by Gasteiger charge is 2.44. The first-order chi connectivity index (χ1) is 14.5. The first-order valence-corrected chi connectivity index (χ1v) is 11.0. The number of aryl methyl sites for hydroxylation is 2. The van der Waals surface area contributed by atoms with E-state index >= 15 is 0 Å². The molecular formula is C25H25NO3S. The lowest BCUT2D eigenvalue weighted by Gasteiger charge is -2.09. The third kappa shape index (κ3) is 3.90. The van der Waals surface area contributed by atoms with E-state index in [0.29, 0.717) is 10.6 Å². The molecule has 1 aromatic heterocycles. The fourth-order valence-corrected chi connectivity index (χ4v) is 5.01. The molecule has 0 bridgehead atoms. The maximum Gasteiger partial charge on any atom is 0.341 e. The molecule has 0 saturated heterocycles. The highest BCUT2D eigenvalue weighted by molar-refractivity contribution is 7.17. The van der Waals surface area contributed by atoms with Crippen LogP contribution in [0.1, 0.15) is 45.6 Å². The molecule has 0 radical (unpaired) electrons. The van der Waals surface area contributed by atoms with E-state index in [0.717, 1.165) is 28.8 Å². The van der Waals surface area contributed by atoms with Gasteiger partial charge in [0.15, 0.2) is 0 Å². The Morgan fingerprint density at radius 3 is 2.43 bits per heavy atom. The van der Waals surface area contributed by atoms with Gasteiger partial charge in [0.05, 0.1) is 7.11 Å². The molecule has 1 aliphatic rings. The summed E-state index contributed by atoms with van der Waals surface area (Å²) in [5.74, 6) is -0.287. The predicted molar refractivity (Wildman–Crippen MR) is 121 cm³/mol. The number of hydrogen-bond acceptors (Lipinski definition) is 4. The maximum absolute atomic E-state index is 12.9. The summed E-state index contributed by atoms with van der Waals surface area (Å²) in [6.07, 6.45) is 1.79. The van der Waals surface area contributed by atoms with Crippen molar-refractivity contribution in [2.45, 2.75) is 32.6 Å². The SMILES string of the molecule is CCc1ccc(-c2c(C)sc(NC(=O)[C@H]3C[C@H]3c3ccccc3)c2C(=O)OC)cc1. The highest BCUT2D eigenvalue weighted by atomic mass is 32.1. The van der Waals surface area contributed by atoms with Crippen LogP contribution in [0, 0.1) is 12.8 Å². The van der Waals surface area contributed by atoms with Crippen molar-refractivity contribution in [2.75, 3.05) is 12.4 Å². The van der Waals surface area contributed by atoms with Gasteiger partial charge in [0, 0.05) is 16.4 Å². The van der Waals surface area contributed by atoms with Crippen LogP contribution in [0.15, 0.2) is 54.6 Å². The first kappa shape index (κ1) is 20.4. The number of hydrogen-bond donors (Lipinski definition) is 1. The summed E-state index contributed by atoms with van der Waals surface area (Å²) < 4.78 is 5.06. The molecule has 2 atom stereocenters. The van der Waals surface area contributed by atoms with Gasteiger partial charge in [-0.2, -0.15) is 0 Å². The van der Waals surface area contributed by atoms with Crippen molar-refractivity contribution in [1.29, 1.82) is 0 Å². The summed E-state index contributed by atoms with van der Waals surface area (Å²) in [5.41, 5.74) is 4.65. The number of anilines is 1. The molecule has 5 heteroatoms. The fourth-order valence-electron chi connectivity index (χ4n) is 3.94. The smallest absolute Gasteiger partial charge is 0.341 e. The summed E-state index contributed by atoms with van der Waals surface area (Å²) in [5, 5.41) is 3.59. The average molecular weight is 420 g/mol. The maximum atomic E-state index is 12.9. The Morgan fingerprint density at radius 1 is 1.10 bits per heavy atom. The van der Waals surface area contributed by atoms with Gasteiger partial charge in [-0.25, -0.2) is 4.79 Å². The third-order valence-corrected chi connectivity index (χ3v) is 6.74. The van der Waals surface area contributed by atoms with E-state index in [2.05, 4.69) is 36.5 Å². The fraction of sp³-hybridized carbons (Fsp3) is 0.280. The van der Waals surface area contributed by atoms with Crippen LogP contribution >= 0.6 is 11.3 Å². The second-order valence-corrected chi connectivity index (χ2v) is 8.85. The Labute approximate surface area is 180 Å². The number of methoxy groups -OCH3 is 1. The lowest BCUT2D eigenvalue weighted by atomic mass is 9.99. The number of thiophene rings is 1. The van der Waals surface area contributed by atoms with Gasteiger partial charge in [-0.3, -0.25) is 4.79 Å². The molecule has 0 unspecified atom stereocenters. The quantitative estimate of drug-likeness (QED) is 0.513. The number of benzene rings is 2. The van der Waals surface area contributed by atoms with Crippen LogP contribution in [-0.2, 0) is 16.0 Å². The molecule has 4 nitrogen and oxygen atoms in total. The number of amides is 1. The molecule has 0 aliphatic heterocycles. The van der Waals surface area contributed by atoms with Gasteiger partial charge in [0.2, 0.25) is 5.91 Å². The van der Waals surface area contributed by atoms with Crippen molar-refractivity contribution in [2.24, 2.45) is 5.92 Å². The summed E-state index contributed by atoms with van der Waals surface area (Å²) >= 11 is 1.43. The first-order valence-electron chi connectivity index (χ1n) is 10.2. The number of ether oxygens (including phenoxy) is 1. The van der Waals surface area contributed by atoms with Gasteiger partial charge >= 0.3 is 5.97 Å². The van der Waals surface area contributed by atoms with Crippen molar-refractivity contribution in [3.05, 3.63) is 76.2 Å². The van der Waals surface area contributed by atoms with Crippen LogP contribution in [-0.4, -0.2) is 19.0 Å². The zero-order chi connectivity index (χ0) is 21.3. The summed E-state index contributed by atoms with van der Waals surface area (Å²) in [7, 11) is 1.37. The lowest BCUT2D eigenvalue weighted by molar-refractivity contribution is -0.117. The topological polar surface area (TPSA) is 55.4 Å². The van der Waals surface area contributed by atoms with Crippen LogP contribution in [0.25, 0.3) is 11.1 Å². The van der Waals surface area contributed by atoms with Gasteiger partial charge in [-0.15, -0.1) is 11.3 Å². The molecule has 154 valence electrons. The number of esters is 1. The van der Waals surface area contributed by atoms with Crippen molar-refractivity contribution >= 4 is 28.2 Å². The van der Waals surface area contributed by atoms with Crippen molar-refractivity contribution in [3.63, 3.8) is 0 Å². The van der Waals surface area contributed by atoms with Gasteiger partial charge in [-0.05, 0) is 42.4 Å². The van der Waals surface area contributed by atoms with Gasteiger partial charge in [0.25, 0.3) is 0 Å². The molecule has 1 saturated carbocycles. The normalized spacial score (nSPS) is 17.4. The number of carbonyl (C=O) groups excluding carboxylic acids is 2. The highest BCUT2D eigenvalue weighted by Crippen LogP contribution is 2.49. The van der Waals surface area contributed by atoms with Crippen molar-refractivity contribution in [1.82, 2.24) is 0 Å². The third-order valence-electron chi connectivity index (χ3n) is 5.72. The number of nitrogens with one attached hydrogen (secondary N) is 1. The zero-order valence-electron chi connectivity index (χ0n) is 17.4. The molecular weight excluding hydrogens is 394 g/mol. The van der Waals surface area contributed by atoms with Crippen LogP contribution in [0.3, 0.4) is 0 Å². The molecule has 0 spiro atoms. The average Bonchev–Trinajstić information content (AvgIpc) is 3.52. The minimum Gasteiger partial charge on any atom is -0.465 e. The molecule has 1 heterocycles. The van der Waals surface area contributed by atoms with Crippen molar-refractivity contribution in [3.8, 4) is 11.1 Å². The lowest BCUT2D eigenvalue weighted by Crippen LogP contribution is -2.16. The second kappa shape index (κ2) is 8.44. The van der Waals surface area contributed by atoms with E-state index < -0.39 is 5.97 Å². The van der Waals surface area contributed by atoms with Crippen LogP contribution in [0.4, 0.5) is 5.00 Å². The monoisotopic (exact) mass is 419 g/mol. The minimum absolute atomic E-state index is 0.0388. The molecule has 1 N–H and O–H groups in total. The van der Waals surface area contributed by atoms with Crippen LogP contribution < -0.4 is 5.32 Å². The van der Waals surface area contributed by atoms with Crippen LogP contribution in [0.2, 0.25) is 0 Å². The molecule has 2 aromatic carbocycles. The summed E-state index contributed by atoms with van der Waals surface area (Å²) in [6.45, 7) is 4.08. The minimum atomic E-state index is -0.431. The number of carbonyl (C=O) groups is 2. The van der Waals surface area contributed by atoms with E-state index in [-0.39, 0.29) is 17.7 Å². The molecule has 3 aromatic rings. The number of rotatable bonds is 6. The molecule has 30 heavy (non-hydrogen) atoms. The Morgan fingerprint density at radius 2 is 1.80 bits per heavy atom. The van der Waals surface area contributed by atoms with E-state index in [1.807, 2.05) is 37.3 Å². The van der Waals surface area contributed by atoms with E-state index in [1.54, 1.807) is 0 Å². The zero-order valence-corrected chi connectivity index (χ0v) is 18.2. The predicted octanol–water partition coefficient (Wildman–Crippen LogP) is 5.81. The Balaban J connectivity index is 1.62. The Kier molecular flexibility index (Phi) is 5.73. The Bertz CT molecular complexity index is 1070. The van der Waals surface area contributed by atoms with E-state index in [1.165, 1.54) is 29.6 Å². The van der Waals surface area contributed by atoms with Gasteiger partial charge in [0.1, 0.15) is 10.6 Å². The standard InChI is InChI=1S/C25H25NO3S/c1-4-16-10-12-18(13-11-16)21-15(2)30-24(22(21)25(28)29-3)26-23(27)20-14-19(20)17-8-6-5-7-9-17/h5-13,19-20H,4,14H2,1-3H3,(H,26,27)/t19-,20-/m0/s1. The van der Waals surface area contributed by atoms with Crippen LogP contribution in [0.5, 0.6) is 0 Å². The van der Waals surface area contributed by atoms with Crippen molar-refractivity contribution < 1.29 is 14.3 Å². The largest absolute Gasteiger partial charge is 0.465 e. The van der Waals surface area contributed by atoms with Gasteiger partial charge in [-0.1, -0.05) is 61.5 Å². The van der Waals surface area contributed by atoms with E-state index in [4.69, 9.17) is 4.74 Å². The van der Waals surface area contributed by atoms with E-state index in [9.17, 15) is 9.59 Å². The summed E-state index contributed by atoms with van der Waals surface area (Å²) in [6, 6.07) is 18.3. The summed E-state index contributed by atoms with van der Waals surface area (Å²) in [4.78, 5) is 26.5.